The molecule has 2 aliphatic heterocycles. The molecule has 1 fully saturated rings. The first-order valence-electron chi connectivity index (χ1n) is 7.36. The summed E-state index contributed by atoms with van der Waals surface area (Å²) in [5.74, 6) is 0.260. The molecule has 0 N–H and O–H groups in total. The van der Waals surface area contributed by atoms with Crippen LogP contribution in [0.4, 0.5) is 0 Å². The van der Waals surface area contributed by atoms with Crippen LogP contribution in [0.5, 0.6) is 0 Å². The van der Waals surface area contributed by atoms with Crippen LogP contribution in [0.1, 0.15) is 39.6 Å². The van der Waals surface area contributed by atoms with E-state index in [1.165, 1.54) is 19.5 Å². The predicted molar refractivity (Wildman–Crippen MR) is 81.1 cm³/mol. The lowest BCUT2D eigenvalue weighted by Gasteiger charge is -2.47. The van der Waals surface area contributed by atoms with Crippen molar-refractivity contribution in [3.8, 4) is 0 Å². The highest BCUT2D eigenvalue weighted by molar-refractivity contribution is 6.27. The van der Waals surface area contributed by atoms with E-state index in [0.717, 1.165) is 27.4 Å². The molecule has 21 heavy (non-hydrogen) atoms. The van der Waals surface area contributed by atoms with Gasteiger partial charge in [0.15, 0.2) is 0 Å². The minimum atomic E-state index is -0.285. The molecule has 112 valence electrons. The number of carbonyl (C=O) groups excluding carboxylic acids is 2. The van der Waals surface area contributed by atoms with Crippen LogP contribution in [-0.2, 0) is 6.54 Å². The van der Waals surface area contributed by atoms with Gasteiger partial charge in [0.1, 0.15) is 12.5 Å². The normalized spacial score (nSPS) is 27.8. The Morgan fingerprint density at radius 1 is 1.24 bits per heavy atom. The summed E-state index contributed by atoms with van der Waals surface area (Å²) in [5, 5.41) is 0. The van der Waals surface area contributed by atoms with E-state index >= 15 is 0 Å². The minimum Gasteiger partial charge on any atom is -0.321 e. The van der Waals surface area contributed by atoms with Gasteiger partial charge >= 0.3 is 0 Å². The van der Waals surface area contributed by atoms with Gasteiger partial charge in [-0.3, -0.25) is 14.5 Å². The number of fused-ring (bicyclic) bond motifs is 1. The van der Waals surface area contributed by atoms with Crippen LogP contribution >= 0.6 is 11.6 Å². The first-order valence-corrected chi connectivity index (χ1v) is 7.89. The van der Waals surface area contributed by atoms with Gasteiger partial charge in [0.25, 0.3) is 11.8 Å². The molecule has 0 atom stereocenters. The molecule has 1 aromatic carbocycles. The fraction of sp³-hybridized carbons (Fsp3) is 0.500. The number of imide groups is 1. The van der Waals surface area contributed by atoms with Crippen LogP contribution in [0, 0.1) is 5.92 Å². The van der Waals surface area contributed by atoms with E-state index in [9.17, 15) is 9.59 Å². The van der Waals surface area contributed by atoms with E-state index in [-0.39, 0.29) is 17.8 Å². The molecule has 2 amide bonds. The summed E-state index contributed by atoms with van der Waals surface area (Å²) >= 11 is 5.68. The number of hydrogen-bond acceptors (Lipinski definition) is 2. The third-order valence-electron chi connectivity index (χ3n) is 4.69. The van der Waals surface area contributed by atoms with Gasteiger partial charge in [0.2, 0.25) is 0 Å². The number of hydrogen-bond donors (Lipinski definition) is 0. The first-order chi connectivity index (χ1) is 9.97. The monoisotopic (exact) mass is 307 g/mol. The maximum Gasteiger partial charge on any atom is 0.262 e. The molecule has 0 saturated carbocycles. The third kappa shape index (κ3) is 2.36. The zero-order valence-electron chi connectivity index (χ0n) is 12.4. The smallest absolute Gasteiger partial charge is 0.262 e. The highest BCUT2D eigenvalue weighted by Gasteiger charge is 2.40. The van der Waals surface area contributed by atoms with Crippen LogP contribution < -0.4 is 0 Å². The van der Waals surface area contributed by atoms with Crippen LogP contribution in [0.15, 0.2) is 18.2 Å². The zero-order chi connectivity index (χ0) is 15.2. The summed E-state index contributed by atoms with van der Waals surface area (Å²) in [5.41, 5.74) is 2.09. The van der Waals surface area contributed by atoms with Crippen molar-refractivity contribution in [2.45, 2.75) is 19.9 Å². The molecule has 2 aliphatic rings. The van der Waals surface area contributed by atoms with Crippen molar-refractivity contribution < 1.29 is 14.1 Å². The lowest BCUT2D eigenvalue weighted by atomic mass is 9.93. The molecule has 1 saturated heterocycles. The van der Waals surface area contributed by atoms with E-state index in [0.29, 0.717) is 11.1 Å². The van der Waals surface area contributed by atoms with E-state index < -0.39 is 0 Å². The van der Waals surface area contributed by atoms with Gasteiger partial charge in [0, 0.05) is 5.56 Å². The van der Waals surface area contributed by atoms with Crippen LogP contribution in [0.2, 0.25) is 0 Å². The van der Waals surface area contributed by atoms with E-state index in [1.54, 1.807) is 6.07 Å². The molecule has 5 heteroatoms. The number of likely N-dealkylation sites (tertiary alicyclic amines) is 1. The summed E-state index contributed by atoms with van der Waals surface area (Å²) in [4.78, 5) is 25.2. The third-order valence-corrected chi connectivity index (χ3v) is 4.93. The lowest BCUT2D eigenvalue weighted by Crippen LogP contribution is -2.59. The van der Waals surface area contributed by atoms with Gasteiger partial charge in [-0.2, -0.15) is 0 Å². The molecule has 0 aliphatic carbocycles. The van der Waals surface area contributed by atoms with Crippen molar-refractivity contribution in [1.29, 1.82) is 0 Å². The largest absolute Gasteiger partial charge is 0.321 e. The van der Waals surface area contributed by atoms with E-state index in [2.05, 4.69) is 14.0 Å². The second-order valence-electron chi connectivity index (χ2n) is 6.45. The SMILES string of the molecule is CCC1C[N+](C)(Cc2ccc3c(c2)C(=O)N(CCl)C3=O)C1. The molecule has 0 radical (unpaired) electrons. The number of halogens is 1. The zero-order valence-corrected chi connectivity index (χ0v) is 13.2. The summed E-state index contributed by atoms with van der Waals surface area (Å²) in [6.07, 6.45) is 1.23. The van der Waals surface area contributed by atoms with Crippen molar-refractivity contribution in [3.05, 3.63) is 34.9 Å². The second-order valence-corrected chi connectivity index (χ2v) is 6.69. The van der Waals surface area contributed by atoms with Crippen molar-refractivity contribution in [1.82, 2.24) is 4.90 Å². The van der Waals surface area contributed by atoms with Crippen molar-refractivity contribution in [2.24, 2.45) is 5.92 Å². The number of alkyl halides is 1. The molecule has 3 rings (SSSR count). The topological polar surface area (TPSA) is 37.4 Å². The molecular weight excluding hydrogens is 288 g/mol. The Morgan fingerprint density at radius 2 is 1.90 bits per heavy atom. The van der Waals surface area contributed by atoms with Crippen molar-refractivity contribution in [3.63, 3.8) is 0 Å². The van der Waals surface area contributed by atoms with E-state index in [4.69, 9.17) is 11.6 Å². The second kappa shape index (κ2) is 5.11. The fourth-order valence-corrected chi connectivity index (χ4v) is 3.78. The molecule has 4 nitrogen and oxygen atoms in total. The molecule has 1 aromatic rings. The predicted octanol–water partition coefficient (Wildman–Crippen LogP) is 2.47. The van der Waals surface area contributed by atoms with Gasteiger partial charge in [0.05, 0.1) is 37.2 Å². The Balaban J connectivity index is 1.81. The number of amides is 2. The molecular formula is C16H20ClN2O2+. The Hall–Kier alpha value is -1.39. The van der Waals surface area contributed by atoms with Gasteiger partial charge in [-0.25, -0.2) is 0 Å². The van der Waals surface area contributed by atoms with Crippen molar-refractivity contribution in [2.75, 3.05) is 26.1 Å². The van der Waals surface area contributed by atoms with Gasteiger partial charge < -0.3 is 4.48 Å². The first kappa shape index (κ1) is 14.5. The van der Waals surface area contributed by atoms with E-state index in [1.807, 2.05) is 12.1 Å². The highest BCUT2D eigenvalue weighted by Crippen LogP contribution is 2.30. The summed E-state index contributed by atoms with van der Waals surface area (Å²) in [6.45, 7) is 5.52. The number of benzene rings is 1. The molecule has 0 spiro atoms. The average Bonchev–Trinajstić information content (AvgIpc) is 2.67. The van der Waals surface area contributed by atoms with Gasteiger partial charge in [-0.1, -0.05) is 13.0 Å². The fourth-order valence-electron chi connectivity index (χ4n) is 3.57. The van der Waals surface area contributed by atoms with Crippen LogP contribution in [-0.4, -0.2) is 47.3 Å². The summed E-state index contributed by atoms with van der Waals surface area (Å²) < 4.78 is 1.01. The van der Waals surface area contributed by atoms with Gasteiger partial charge in [-0.05, 0) is 18.6 Å². The number of nitrogens with zero attached hydrogens (tertiary/aromatic N) is 2. The Bertz CT molecular complexity index is 608. The van der Waals surface area contributed by atoms with Gasteiger partial charge in [-0.15, -0.1) is 11.6 Å². The number of rotatable bonds is 4. The standard InChI is InChI=1S/C16H20ClN2O2/c1-3-11-7-19(2,8-11)9-12-4-5-13-14(6-12)16(21)18(10-17)15(13)20/h4-6,11H,3,7-10H2,1-2H3/q+1. The van der Waals surface area contributed by atoms with Crippen LogP contribution in [0.25, 0.3) is 0 Å². The minimum absolute atomic E-state index is 0.0896. The molecule has 2 heterocycles. The maximum absolute atomic E-state index is 12.2. The van der Waals surface area contributed by atoms with Crippen LogP contribution in [0.3, 0.4) is 0 Å². The van der Waals surface area contributed by atoms with Crippen molar-refractivity contribution >= 4 is 23.4 Å². The highest BCUT2D eigenvalue weighted by atomic mass is 35.5. The summed E-state index contributed by atoms with van der Waals surface area (Å²) in [6, 6.07) is 5.50. The lowest BCUT2D eigenvalue weighted by molar-refractivity contribution is -0.969. The Morgan fingerprint density at radius 3 is 2.52 bits per heavy atom. The maximum atomic E-state index is 12.2. The Labute approximate surface area is 129 Å². The molecule has 0 aromatic heterocycles. The summed E-state index contributed by atoms with van der Waals surface area (Å²) in [7, 11) is 2.25. The number of carbonyl (C=O) groups is 2. The molecule has 0 bridgehead atoms. The quantitative estimate of drug-likeness (QED) is 0.371. The number of quaternary nitrogens is 1. The Kier molecular flexibility index (Phi) is 3.54. The average molecular weight is 308 g/mol. The molecule has 0 unspecified atom stereocenters.